The van der Waals surface area contributed by atoms with Crippen LogP contribution >= 0.6 is 0 Å². The molecule has 3 saturated heterocycles. The monoisotopic (exact) mass is 584 g/mol. The number of aromatic nitrogens is 2. The highest BCUT2D eigenvalue weighted by Crippen LogP contribution is 2.44. The summed E-state index contributed by atoms with van der Waals surface area (Å²) < 4.78 is 20.7. The number of hydrogen-bond donors (Lipinski definition) is 1. The van der Waals surface area contributed by atoms with Gasteiger partial charge in [-0.3, -0.25) is 14.5 Å². The van der Waals surface area contributed by atoms with Crippen LogP contribution < -0.4 is 15.0 Å². The lowest BCUT2D eigenvalue weighted by Gasteiger charge is -2.28. The number of carbonyl (C=O) groups excluding carboxylic acids is 2. The fraction of sp³-hybridized carbons (Fsp3) is 0.455. The van der Waals surface area contributed by atoms with Crippen LogP contribution in [0.4, 0.5) is 15.9 Å². The number of nitrogens with one attached hydrogen (secondary N) is 1. The van der Waals surface area contributed by atoms with Gasteiger partial charge in [0.15, 0.2) is 11.6 Å². The number of fused-ring (bicyclic) bond motifs is 1. The largest absolute Gasteiger partial charge is 0.451 e. The van der Waals surface area contributed by atoms with E-state index in [1.54, 1.807) is 6.20 Å². The highest BCUT2D eigenvalue weighted by atomic mass is 19.1. The van der Waals surface area contributed by atoms with Crippen molar-refractivity contribution in [2.45, 2.75) is 64.6 Å². The van der Waals surface area contributed by atoms with E-state index in [0.29, 0.717) is 23.7 Å². The molecular weight excluding hydrogens is 547 g/mol. The van der Waals surface area contributed by atoms with Gasteiger partial charge < -0.3 is 19.9 Å². The molecule has 0 bridgehead atoms. The van der Waals surface area contributed by atoms with Gasteiger partial charge in [-0.25, -0.2) is 14.4 Å². The molecule has 0 radical (unpaired) electrons. The zero-order valence-electron chi connectivity index (χ0n) is 24.7. The molecule has 2 aromatic carbocycles. The van der Waals surface area contributed by atoms with Crippen molar-refractivity contribution in [2.75, 3.05) is 36.4 Å². The van der Waals surface area contributed by atoms with Crippen molar-refractivity contribution < 1.29 is 18.7 Å². The Balaban J connectivity index is 1.06. The molecule has 1 aromatic heterocycles. The average Bonchev–Trinajstić information content (AvgIpc) is 3.76. The third-order valence-corrected chi connectivity index (χ3v) is 9.70. The summed E-state index contributed by atoms with van der Waals surface area (Å²) in [5.74, 6) is 0.812. The normalized spacial score (nSPS) is 25.0. The lowest BCUT2D eigenvalue weighted by Crippen LogP contribution is -2.38. The number of amides is 2. The fourth-order valence-electron chi connectivity index (χ4n) is 7.46. The van der Waals surface area contributed by atoms with Gasteiger partial charge in [0.25, 0.3) is 5.91 Å². The van der Waals surface area contributed by atoms with Crippen LogP contribution in [0.2, 0.25) is 0 Å². The van der Waals surface area contributed by atoms with E-state index in [1.807, 2.05) is 18.7 Å². The van der Waals surface area contributed by atoms with Gasteiger partial charge in [-0.05, 0) is 81.5 Å². The van der Waals surface area contributed by atoms with E-state index < -0.39 is 5.82 Å². The Bertz CT molecular complexity index is 1570. The summed E-state index contributed by atoms with van der Waals surface area (Å²) in [6.07, 6.45) is 7.59. The zero-order chi connectivity index (χ0) is 29.7. The van der Waals surface area contributed by atoms with Gasteiger partial charge in [0.2, 0.25) is 5.91 Å². The first kappa shape index (κ1) is 27.8. The number of ether oxygens (including phenoxy) is 1. The molecular formula is C33H37FN6O3. The molecule has 0 saturated carbocycles. The smallest absolute Gasteiger partial charge is 0.258 e. The molecule has 4 aliphatic rings. The predicted molar refractivity (Wildman–Crippen MR) is 161 cm³/mol. The molecule has 2 amide bonds. The topological polar surface area (TPSA) is 90.9 Å². The average molecular weight is 585 g/mol. The Morgan fingerprint density at radius 3 is 2.72 bits per heavy atom. The van der Waals surface area contributed by atoms with Gasteiger partial charge in [0, 0.05) is 49.4 Å². The Labute approximate surface area is 251 Å². The second-order valence-electron chi connectivity index (χ2n) is 12.8. The van der Waals surface area contributed by atoms with Crippen LogP contribution in [0.15, 0.2) is 48.9 Å². The number of halogens is 1. The number of nitrogens with zero attached hydrogens (tertiary/aromatic N) is 5. The summed E-state index contributed by atoms with van der Waals surface area (Å²) in [6, 6.07) is 10.6. The van der Waals surface area contributed by atoms with E-state index in [9.17, 15) is 14.0 Å². The lowest BCUT2D eigenvalue weighted by molar-refractivity contribution is -0.115. The standard InChI is InChI=1S/C33H37FN6O3/c1-21-3-4-22(2)40(21)32(42)26-15-25(34)7-8-28(26)43-29-16-35-20-36-31(29)39-12-10-33(19-39)9-11-38(18-33)17-23-5-6-24-14-30(41)37-27(24)13-23/h5-8,13,15-16,20-22H,3-4,9-12,14,17-19H2,1-2H3,(H,37,41). The van der Waals surface area contributed by atoms with Crippen LogP contribution in [-0.2, 0) is 17.8 Å². The zero-order valence-corrected chi connectivity index (χ0v) is 24.7. The fourth-order valence-corrected chi connectivity index (χ4v) is 7.46. The summed E-state index contributed by atoms with van der Waals surface area (Å²) in [7, 11) is 0. The summed E-state index contributed by atoms with van der Waals surface area (Å²) in [4.78, 5) is 40.7. The Kier molecular flexibility index (Phi) is 7.04. The number of anilines is 2. The van der Waals surface area contributed by atoms with Crippen molar-refractivity contribution >= 4 is 23.3 Å². The summed E-state index contributed by atoms with van der Waals surface area (Å²) in [5, 5.41) is 2.96. The molecule has 43 heavy (non-hydrogen) atoms. The van der Waals surface area contributed by atoms with Crippen molar-refractivity contribution in [1.29, 1.82) is 0 Å². The third kappa shape index (κ3) is 5.33. The van der Waals surface area contributed by atoms with E-state index in [4.69, 9.17) is 4.74 Å². The minimum Gasteiger partial charge on any atom is -0.451 e. The predicted octanol–water partition coefficient (Wildman–Crippen LogP) is 5.02. The van der Waals surface area contributed by atoms with Crippen molar-refractivity contribution in [1.82, 2.24) is 19.8 Å². The van der Waals surface area contributed by atoms with Gasteiger partial charge >= 0.3 is 0 Å². The number of benzene rings is 2. The van der Waals surface area contributed by atoms with E-state index in [1.165, 1.54) is 30.1 Å². The SMILES string of the molecule is CC1CCC(C)N1C(=O)c1cc(F)ccc1Oc1cncnc1N1CCC2(CCN(Cc3ccc4c(c3)NC(=O)C4)C2)C1. The highest BCUT2D eigenvalue weighted by molar-refractivity contribution is 5.99. The maximum absolute atomic E-state index is 14.4. The Hall–Kier alpha value is -4.05. The molecule has 4 aliphatic heterocycles. The first-order chi connectivity index (χ1) is 20.8. The molecule has 3 atom stereocenters. The highest BCUT2D eigenvalue weighted by Gasteiger charge is 2.44. The van der Waals surface area contributed by atoms with Gasteiger partial charge in [-0.15, -0.1) is 0 Å². The van der Waals surface area contributed by atoms with Gasteiger partial charge in [0.05, 0.1) is 18.2 Å². The Morgan fingerprint density at radius 2 is 1.88 bits per heavy atom. The second kappa shape index (κ2) is 10.9. The summed E-state index contributed by atoms with van der Waals surface area (Å²) >= 11 is 0. The maximum Gasteiger partial charge on any atom is 0.258 e. The maximum atomic E-state index is 14.4. The molecule has 1 N–H and O–H groups in total. The molecule has 9 nitrogen and oxygen atoms in total. The van der Waals surface area contributed by atoms with Crippen LogP contribution in [0, 0.1) is 11.2 Å². The van der Waals surface area contributed by atoms with E-state index in [0.717, 1.165) is 69.7 Å². The van der Waals surface area contributed by atoms with Crippen LogP contribution in [0.25, 0.3) is 0 Å². The Morgan fingerprint density at radius 1 is 1.07 bits per heavy atom. The minimum absolute atomic E-state index is 0.0597. The van der Waals surface area contributed by atoms with Crippen molar-refractivity contribution in [3.8, 4) is 11.5 Å². The number of hydrogen-bond acceptors (Lipinski definition) is 7. The first-order valence-electron chi connectivity index (χ1n) is 15.3. The van der Waals surface area contributed by atoms with Crippen molar-refractivity contribution in [2.24, 2.45) is 5.41 Å². The number of likely N-dealkylation sites (tertiary alicyclic amines) is 2. The molecule has 5 heterocycles. The molecule has 224 valence electrons. The van der Waals surface area contributed by atoms with Gasteiger partial charge in [-0.1, -0.05) is 12.1 Å². The van der Waals surface area contributed by atoms with Crippen LogP contribution in [0.3, 0.4) is 0 Å². The molecule has 0 aliphatic carbocycles. The van der Waals surface area contributed by atoms with E-state index >= 15 is 0 Å². The van der Waals surface area contributed by atoms with Crippen LogP contribution in [-0.4, -0.2) is 69.8 Å². The molecule has 10 heteroatoms. The van der Waals surface area contributed by atoms with Gasteiger partial charge in [0.1, 0.15) is 17.9 Å². The third-order valence-electron chi connectivity index (χ3n) is 9.70. The molecule has 3 unspecified atom stereocenters. The van der Waals surface area contributed by atoms with Crippen molar-refractivity contribution in [3.63, 3.8) is 0 Å². The van der Waals surface area contributed by atoms with Crippen LogP contribution in [0.1, 0.15) is 61.0 Å². The minimum atomic E-state index is -0.475. The van der Waals surface area contributed by atoms with E-state index in [2.05, 4.69) is 43.3 Å². The lowest BCUT2D eigenvalue weighted by atomic mass is 9.86. The summed E-state index contributed by atoms with van der Waals surface area (Å²) in [6.45, 7) is 8.59. The first-order valence-corrected chi connectivity index (χ1v) is 15.3. The number of carbonyl (C=O) groups is 2. The molecule has 3 fully saturated rings. The quantitative estimate of drug-likeness (QED) is 0.435. The molecule has 7 rings (SSSR count). The number of rotatable bonds is 6. The van der Waals surface area contributed by atoms with Crippen molar-refractivity contribution in [3.05, 3.63) is 71.4 Å². The molecule has 1 spiro atoms. The van der Waals surface area contributed by atoms with Gasteiger partial charge in [-0.2, -0.15) is 0 Å². The summed E-state index contributed by atoms with van der Waals surface area (Å²) in [5.41, 5.74) is 3.58. The van der Waals surface area contributed by atoms with E-state index in [-0.39, 0.29) is 34.9 Å². The second-order valence-corrected chi connectivity index (χ2v) is 12.8. The molecule has 3 aromatic rings. The van der Waals surface area contributed by atoms with Crippen LogP contribution in [0.5, 0.6) is 11.5 Å².